The number of likely N-dealkylation sites (tertiary alicyclic amines) is 1. The molecule has 0 unspecified atom stereocenters. The summed E-state index contributed by atoms with van der Waals surface area (Å²) in [4.78, 5) is 15.6. The lowest BCUT2D eigenvalue weighted by Crippen LogP contribution is -2.28. The van der Waals surface area contributed by atoms with Crippen molar-refractivity contribution in [3.63, 3.8) is 0 Å². The second-order valence-corrected chi connectivity index (χ2v) is 7.30. The summed E-state index contributed by atoms with van der Waals surface area (Å²) in [6.45, 7) is 6.45. The van der Waals surface area contributed by atoms with E-state index >= 15 is 0 Å². The molecule has 1 aromatic rings. The van der Waals surface area contributed by atoms with E-state index in [2.05, 4.69) is 13.8 Å². The van der Waals surface area contributed by atoms with E-state index in [1.807, 2.05) is 29.2 Å². The second-order valence-electron chi connectivity index (χ2n) is 6.13. The minimum atomic E-state index is 0.153. The molecule has 1 aromatic carbocycles. The van der Waals surface area contributed by atoms with Gasteiger partial charge in [0, 0.05) is 29.3 Å². The lowest BCUT2D eigenvalue weighted by molar-refractivity contribution is 0.0785. The van der Waals surface area contributed by atoms with Crippen molar-refractivity contribution in [2.24, 2.45) is 11.8 Å². The number of carbonyl (C=O) groups excluding carboxylic acids is 1. The Bertz CT molecular complexity index is 458. The highest BCUT2D eigenvalue weighted by atomic mass is 32.2. The summed E-state index contributed by atoms with van der Waals surface area (Å²) in [7, 11) is 0. The first kappa shape index (κ1) is 16.4. The van der Waals surface area contributed by atoms with Crippen molar-refractivity contribution in [2.75, 3.05) is 25.4 Å². The number of nitrogens with zero attached hydrogens (tertiary/aromatic N) is 1. The van der Waals surface area contributed by atoms with Crippen molar-refractivity contribution in [1.82, 2.24) is 4.90 Å². The predicted molar refractivity (Wildman–Crippen MR) is 87.7 cm³/mol. The highest BCUT2D eigenvalue weighted by Gasteiger charge is 2.27. The fourth-order valence-electron chi connectivity index (χ4n) is 2.92. The van der Waals surface area contributed by atoms with E-state index in [1.54, 1.807) is 11.8 Å². The largest absolute Gasteiger partial charge is 0.396 e. The Hall–Kier alpha value is -1.00. The van der Waals surface area contributed by atoms with Crippen molar-refractivity contribution in [1.29, 1.82) is 0 Å². The molecule has 1 heterocycles. The summed E-state index contributed by atoms with van der Waals surface area (Å²) in [5.74, 6) is 2.21. The van der Waals surface area contributed by atoms with Crippen LogP contribution in [0.5, 0.6) is 0 Å². The van der Waals surface area contributed by atoms with Gasteiger partial charge in [-0.05, 0) is 48.9 Å². The predicted octanol–water partition coefficient (Wildman–Crippen LogP) is 3.28. The topological polar surface area (TPSA) is 40.5 Å². The Kier molecular flexibility index (Phi) is 6.12. The van der Waals surface area contributed by atoms with Crippen LogP contribution in [-0.4, -0.2) is 41.4 Å². The van der Waals surface area contributed by atoms with Crippen LogP contribution in [0.4, 0.5) is 0 Å². The van der Waals surface area contributed by atoms with Gasteiger partial charge in [0.2, 0.25) is 0 Å². The van der Waals surface area contributed by atoms with Crippen LogP contribution in [0.1, 0.15) is 37.0 Å². The Morgan fingerprint density at radius 2 is 2.10 bits per heavy atom. The molecule has 1 saturated heterocycles. The van der Waals surface area contributed by atoms with Gasteiger partial charge in [0.25, 0.3) is 5.91 Å². The van der Waals surface area contributed by atoms with Crippen molar-refractivity contribution < 1.29 is 9.90 Å². The van der Waals surface area contributed by atoms with Gasteiger partial charge in [-0.1, -0.05) is 13.8 Å². The molecule has 3 nitrogen and oxygen atoms in total. The maximum atomic E-state index is 12.5. The van der Waals surface area contributed by atoms with Crippen LogP contribution >= 0.6 is 11.8 Å². The van der Waals surface area contributed by atoms with Gasteiger partial charge in [0.1, 0.15) is 0 Å². The summed E-state index contributed by atoms with van der Waals surface area (Å²) >= 11 is 1.61. The van der Waals surface area contributed by atoms with E-state index in [4.69, 9.17) is 5.11 Å². The van der Waals surface area contributed by atoms with Crippen LogP contribution in [0, 0.1) is 11.8 Å². The fraction of sp³-hybridized carbons (Fsp3) is 0.588. The van der Waals surface area contributed by atoms with Crippen molar-refractivity contribution in [3.8, 4) is 0 Å². The lowest BCUT2D eigenvalue weighted by atomic mass is 9.97. The molecular weight excluding hydrogens is 282 g/mol. The Morgan fingerprint density at radius 3 is 2.71 bits per heavy atom. The number of aliphatic hydroxyl groups is 1. The molecule has 1 N–H and O–H groups in total. The van der Waals surface area contributed by atoms with Crippen molar-refractivity contribution in [2.45, 2.75) is 31.6 Å². The highest BCUT2D eigenvalue weighted by molar-refractivity contribution is 7.99. The number of amides is 1. The number of thioether (sulfide) groups is 1. The molecule has 116 valence electrons. The number of aliphatic hydroxyl groups excluding tert-OH is 1. The number of benzene rings is 1. The van der Waals surface area contributed by atoms with E-state index in [0.29, 0.717) is 17.6 Å². The molecule has 21 heavy (non-hydrogen) atoms. The zero-order valence-electron chi connectivity index (χ0n) is 12.9. The molecule has 0 saturated carbocycles. The van der Waals surface area contributed by atoms with Crippen LogP contribution in [0.2, 0.25) is 0 Å². The summed E-state index contributed by atoms with van der Waals surface area (Å²) in [5, 5.41) is 8.82. The molecule has 1 fully saturated rings. The highest BCUT2D eigenvalue weighted by Crippen LogP contribution is 2.25. The average Bonchev–Trinajstić information content (AvgIpc) is 2.92. The molecule has 1 amide bonds. The van der Waals surface area contributed by atoms with Gasteiger partial charge < -0.3 is 10.0 Å². The minimum absolute atomic E-state index is 0.153. The van der Waals surface area contributed by atoms with E-state index < -0.39 is 0 Å². The molecule has 0 spiro atoms. The molecular formula is C17H25NO2S. The van der Waals surface area contributed by atoms with Gasteiger partial charge in [-0.3, -0.25) is 4.79 Å². The number of carbonyl (C=O) groups is 1. The van der Waals surface area contributed by atoms with Gasteiger partial charge >= 0.3 is 0 Å². The molecule has 1 aliphatic heterocycles. The fourth-order valence-corrected chi connectivity index (χ4v) is 3.57. The van der Waals surface area contributed by atoms with E-state index in [0.717, 1.165) is 30.0 Å². The zero-order valence-corrected chi connectivity index (χ0v) is 13.7. The van der Waals surface area contributed by atoms with Gasteiger partial charge in [-0.2, -0.15) is 0 Å². The summed E-state index contributed by atoms with van der Waals surface area (Å²) < 4.78 is 0. The van der Waals surface area contributed by atoms with Crippen LogP contribution in [0.3, 0.4) is 0 Å². The van der Waals surface area contributed by atoms with E-state index in [-0.39, 0.29) is 12.5 Å². The van der Waals surface area contributed by atoms with Crippen LogP contribution in [0.25, 0.3) is 0 Å². The van der Waals surface area contributed by atoms with E-state index in [9.17, 15) is 4.79 Å². The van der Waals surface area contributed by atoms with Crippen LogP contribution in [0.15, 0.2) is 29.2 Å². The SMILES string of the molecule is CC(C)C[C@H]1CCN(C(=O)c2ccc(SCCO)cc2)C1. The average molecular weight is 307 g/mol. The smallest absolute Gasteiger partial charge is 0.253 e. The minimum Gasteiger partial charge on any atom is -0.396 e. The van der Waals surface area contributed by atoms with Gasteiger partial charge in [-0.25, -0.2) is 0 Å². The maximum absolute atomic E-state index is 12.5. The number of hydrogen-bond acceptors (Lipinski definition) is 3. The van der Waals surface area contributed by atoms with Gasteiger partial charge in [0.05, 0.1) is 6.61 Å². The number of rotatable bonds is 6. The normalized spacial score (nSPS) is 18.5. The third kappa shape index (κ3) is 4.75. The Balaban J connectivity index is 1.91. The molecule has 0 aromatic heterocycles. The Labute approximate surface area is 131 Å². The second kappa shape index (κ2) is 7.85. The first-order valence-electron chi connectivity index (χ1n) is 7.73. The third-order valence-corrected chi connectivity index (χ3v) is 4.83. The molecule has 4 heteroatoms. The maximum Gasteiger partial charge on any atom is 0.253 e. The molecule has 1 aliphatic rings. The summed E-state index contributed by atoms with van der Waals surface area (Å²) in [6, 6.07) is 7.74. The molecule has 2 rings (SSSR count). The van der Waals surface area contributed by atoms with Crippen LogP contribution < -0.4 is 0 Å². The monoisotopic (exact) mass is 307 g/mol. The van der Waals surface area contributed by atoms with Crippen molar-refractivity contribution in [3.05, 3.63) is 29.8 Å². The molecule has 1 atom stereocenters. The Morgan fingerprint density at radius 1 is 1.38 bits per heavy atom. The first-order chi connectivity index (χ1) is 10.1. The third-order valence-electron chi connectivity index (χ3n) is 3.84. The quantitative estimate of drug-likeness (QED) is 0.820. The lowest BCUT2D eigenvalue weighted by Gasteiger charge is -2.17. The van der Waals surface area contributed by atoms with Crippen LogP contribution in [-0.2, 0) is 0 Å². The summed E-state index contributed by atoms with van der Waals surface area (Å²) in [5.41, 5.74) is 0.772. The summed E-state index contributed by atoms with van der Waals surface area (Å²) in [6.07, 6.45) is 2.34. The van der Waals surface area contributed by atoms with Gasteiger partial charge in [-0.15, -0.1) is 11.8 Å². The molecule has 0 aliphatic carbocycles. The first-order valence-corrected chi connectivity index (χ1v) is 8.71. The van der Waals surface area contributed by atoms with Gasteiger partial charge in [0.15, 0.2) is 0 Å². The molecule has 0 bridgehead atoms. The zero-order chi connectivity index (χ0) is 15.2. The number of hydrogen-bond donors (Lipinski definition) is 1. The van der Waals surface area contributed by atoms with Crippen molar-refractivity contribution >= 4 is 17.7 Å². The van der Waals surface area contributed by atoms with E-state index in [1.165, 1.54) is 6.42 Å². The standard InChI is InChI=1S/C17H25NO2S/c1-13(2)11-14-7-8-18(12-14)17(20)15-3-5-16(6-4-15)21-10-9-19/h3-6,13-14,19H,7-12H2,1-2H3/t14-/m1/s1. The molecule has 0 radical (unpaired) electrons.